The molecular formula is C12H22Br2. The SMILES string of the molecule is BrCCCCCC=CCCCCCBr. The summed E-state index contributed by atoms with van der Waals surface area (Å²) in [4.78, 5) is 0. The van der Waals surface area contributed by atoms with Gasteiger partial charge in [0.2, 0.25) is 0 Å². The minimum Gasteiger partial charge on any atom is -0.0928 e. The minimum atomic E-state index is 1.16. The third kappa shape index (κ3) is 12.7. The summed E-state index contributed by atoms with van der Waals surface area (Å²) in [6, 6.07) is 0. The zero-order chi connectivity index (χ0) is 10.5. The molecule has 0 spiro atoms. The highest BCUT2D eigenvalue weighted by molar-refractivity contribution is 9.09. The second-order valence-corrected chi connectivity index (χ2v) is 5.13. The summed E-state index contributed by atoms with van der Waals surface area (Å²) < 4.78 is 0. The molecule has 0 aliphatic rings. The normalized spacial score (nSPS) is 11.3. The fourth-order valence-electron chi connectivity index (χ4n) is 1.30. The third-order valence-corrected chi connectivity index (χ3v) is 3.30. The Labute approximate surface area is 106 Å². The van der Waals surface area contributed by atoms with Gasteiger partial charge in [-0.2, -0.15) is 0 Å². The van der Waals surface area contributed by atoms with E-state index >= 15 is 0 Å². The van der Waals surface area contributed by atoms with E-state index in [0.717, 1.165) is 10.7 Å². The van der Waals surface area contributed by atoms with Crippen molar-refractivity contribution in [3.05, 3.63) is 12.2 Å². The molecule has 0 aliphatic carbocycles. The van der Waals surface area contributed by atoms with Crippen molar-refractivity contribution in [1.29, 1.82) is 0 Å². The second kappa shape index (κ2) is 13.7. The number of hydrogen-bond acceptors (Lipinski definition) is 0. The lowest BCUT2D eigenvalue weighted by atomic mass is 10.1. The first-order valence-electron chi connectivity index (χ1n) is 5.68. The van der Waals surface area contributed by atoms with Gasteiger partial charge in [-0.1, -0.05) is 56.9 Å². The molecule has 0 nitrogen and oxygen atoms in total. The Morgan fingerprint density at radius 1 is 0.571 bits per heavy atom. The smallest absolute Gasteiger partial charge is 0.00313 e. The van der Waals surface area contributed by atoms with Gasteiger partial charge in [0.15, 0.2) is 0 Å². The van der Waals surface area contributed by atoms with Crippen molar-refractivity contribution < 1.29 is 0 Å². The zero-order valence-electron chi connectivity index (χ0n) is 8.98. The predicted octanol–water partition coefficient (Wildman–Crippen LogP) is 5.45. The van der Waals surface area contributed by atoms with Crippen molar-refractivity contribution >= 4 is 31.9 Å². The molecule has 0 unspecified atom stereocenters. The molecule has 0 saturated heterocycles. The largest absolute Gasteiger partial charge is 0.0928 e. The van der Waals surface area contributed by atoms with Crippen molar-refractivity contribution in [2.45, 2.75) is 51.4 Å². The molecule has 0 heterocycles. The Bertz CT molecular complexity index is 107. The van der Waals surface area contributed by atoms with Gasteiger partial charge < -0.3 is 0 Å². The topological polar surface area (TPSA) is 0 Å². The van der Waals surface area contributed by atoms with Crippen LogP contribution in [-0.4, -0.2) is 10.7 Å². The number of halogens is 2. The number of allylic oxidation sites excluding steroid dienone is 2. The molecule has 2 heteroatoms. The first-order valence-corrected chi connectivity index (χ1v) is 7.93. The molecule has 0 fully saturated rings. The fourth-order valence-corrected chi connectivity index (χ4v) is 2.10. The lowest BCUT2D eigenvalue weighted by Gasteiger charge is -1.95. The summed E-state index contributed by atoms with van der Waals surface area (Å²) in [6.45, 7) is 0. The number of hydrogen-bond donors (Lipinski definition) is 0. The third-order valence-electron chi connectivity index (χ3n) is 2.18. The van der Waals surface area contributed by atoms with Gasteiger partial charge in [-0.25, -0.2) is 0 Å². The molecule has 0 aromatic rings. The van der Waals surface area contributed by atoms with E-state index in [1.54, 1.807) is 0 Å². The van der Waals surface area contributed by atoms with Crippen molar-refractivity contribution in [2.75, 3.05) is 10.7 Å². The number of alkyl halides is 2. The molecule has 0 aliphatic heterocycles. The molecule has 0 amide bonds. The van der Waals surface area contributed by atoms with Crippen LogP contribution in [-0.2, 0) is 0 Å². The maximum absolute atomic E-state index is 3.45. The van der Waals surface area contributed by atoms with E-state index < -0.39 is 0 Å². The molecule has 14 heavy (non-hydrogen) atoms. The van der Waals surface area contributed by atoms with E-state index in [9.17, 15) is 0 Å². The molecule has 0 atom stereocenters. The highest BCUT2D eigenvalue weighted by Crippen LogP contribution is 2.05. The maximum Gasteiger partial charge on any atom is 0.00313 e. The van der Waals surface area contributed by atoms with Gasteiger partial charge in [0.1, 0.15) is 0 Å². The summed E-state index contributed by atoms with van der Waals surface area (Å²) in [5, 5.41) is 2.31. The average Bonchev–Trinajstić information content (AvgIpc) is 2.21. The van der Waals surface area contributed by atoms with Gasteiger partial charge in [-0.3, -0.25) is 0 Å². The number of rotatable bonds is 10. The Hall–Kier alpha value is 0.700. The molecule has 0 bridgehead atoms. The highest BCUT2D eigenvalue weighted by Gasteiger charge is 1.86. The monoisotopic (exact) mass is 324 g/mol. The van der Waals surface area contributed by atoms with Crippen molar-refractivity contribution in [2.24, 2.45) is 0 Å². The lowest BCUT2D eigenvalue weighted by Crippen LogP contribution is -1.77. The highest BCUT2D eigenvalue weighted by atomic mass is 79.9. The lowest BCUT2D eigenvalue weighted by molar-refractivity contribution is 0.722. The molecular weight excluding hydrogens is 304 g/mol. The van der Waals surface area contributed by atoms with E-state index in [2.05, 4.69) is 44.0 Å². The van der Waals surface area contributed by atoms with Crippen LogP contribution in [0.1, 0.15) is 51.4 Å². The van der Waals surface area contributed by atoms with Gasteiger partial charge in [-0.15, -0.1) is 0 Å². The van der Waals surface area contributed by atoms with Crippen LogP contribution < -0.4 is 0 Å². The van der Waals surface area contributed by atoms with Crippen molar-refractivity contribution in [3.8, 4) is 0 Å². The van der Waals surface area contributed by atoms with Gasteiger partial charge in [0.05, 0.1) is 0 Å². The van der Waals surface area contributed by atoms with Gasteiger partial charge in [0.25, 0.3) is 0 Å². The Morgan fingerprint density at radius 3 is 1.36 bits per heavy atom. The Morgan fingerprint density at radius 2 is 1.00 bits per heavy atom. The van der Waals surface area contributed by atoms with Gasteiger partial charge >= 0.3 is 0 Å². The van der Waals surface area contributed by atoms with Crippen molar-refractivity contribution in [3.63, 3.8) is 0 Å². The van der Waals surface area contributed by atoms with E-state index in [1.165, 1.54) is 51.4 Å². The first kappa shape index (κ1) is 14.7. The Kier molecular flexibility index (Phi) is 14.4. The van der Waals surface area contributed by atoms with Crippen LogP contribution in [0.2, 0.25) is 0 Å². The Balaban J connectivity index is 2.96. The quantitative estimate of drug-likeness (QED) is 0.284. The van der Waals surface area contributed by atoms with Crippen molar-refractivity contribution in [1.82, 2.24) is 0 Å². The summed E-state index contributed by atoms with van der Waals surface area (Å²) >= 11 is 6.89. The summed E-state index contributed by atoms with van der Waals surface area (Å²) in [6.07, 6.45) is 15.3. The average molecular weight is 326 g/mol. The number of unbranched alkanes of at least 4 members (excludes halogenated alkanes) is 6. The molecule has 0 saturated carbocycles. The maximum atomic E-state index is 3.45. The molecule has 0 radical (unpaired) electrons. The van der Waals surface area contributed by atoms with Crippen LogP contribution >= 0.6 is 31.9 Å². The van der Waals surface area contributed by atoms with Crippen LogP contribution in [0.3, 0.4) is 0 Å². The first-order chi connectivity index (χ1) is 6.91. The van der Waals surface area contributed by atoms with Crippen LogP contribution in [0.5, 0.6) is 0 Å². The van der Waals surface area contributed by atoms with Crippen LogP contribution in [0.4, 0.5) is 0 Å². The fraction of sp³-hybridized carbons (Fsp3) is 0.833. The van der Waals surface area contributed by atoms with Crippen LogP contribution in [0, 0.1) is 0 Å². The van der Waals surface area contributed by atoms with Gasteiger partial charge in [-0.05, 0) is 38.5 Å². The second-order valence-electron chi connectivity index (χ2n) is 3.55. The van der Waals surface area contributed by atoms with E-state index in [4.69, 9.17) is 0 Å². The van der Waals surface area contributed by atoms with E-state index in [0.29, 0.717) is 0 Å². The zero-order valence-corrected chi connectivity index (χ0v) is 12.2. The molecule has 0 rings (SSSR count). The van der Waals surface area contributed by atoms with E-state index in [-0.39, 0.29) is 0 Å². The van der Waals surface area contributed by atoms with Gasteiger partial charge in [0, 0.05) is 10.7 Å². The summed E-state index contributed by atoms with van der Waals surface area (Å²) in [7, 11) is 0. The minimum absolute atomic E-state index is 1.16. The standard InChI is InChI=1S/C12H22Br2/c13-11-9-7-5-3-1-2-4-6-8-10-12-14/h1-2H,3-12H2. The summed E-state index contributed by atoms with van der Waals surface area (Å²) in [5.41, 5.74) is 0. The molecule has 0 N–H and O–H groups in total. The van der Waals surface area contributed by atoms with Crippen LogP contribution in [0.25, 0.3) is 0 Å². The summed E-state index contributed by atoms with van der Waals surface area (Å²) in [5.74, 6) is 0. The molecule has 84 valence electrons. The van der Waals surface area contributed by atoms with E-state index in [1.807, 2.05) is 0 Å². The molecule has 0 aromatic carbocycles. The molecule has 0 aromatic heterocycles. The van der Waals surface area contributed by atoms with Crippen LogP contribution in [0.15, 0.2) is 12.2 Å². The predicted molar refractivity (Wildman–Crippen MR) is 73.7 cm³/mol.